The highest BCUT2D eigenvalue weighted by Crippen LogP contribution is 2.35. The van der Waals surface area contributed by atoms with Gasteiger partial charge in [0.1, 0.15) is 0 Å². The number of hydrogen-bond donors (Lipinski definition) is 0. The largest absolute Gasteiger partial charge is 0.374 e. The predicted molar refractivity (Wildman–Crippen MR) is 123 cm³/mol. The van der Waals surface area contributed by atoms with Gasteiger partial charge in [-0.1, -0.05) is 67.6 Å². The Balaban J connectivity index is 1.58. The molecule has 0 N–H and O–H groups in total. The van der Waals surface area contributed by atoms with Crippen molar-refractivity contribution < 1.29 is 22.3 Å². The van der Waals surface area contributed by atoms with Crippen LogP contribution in [0.3, 0.4) is 0 Å². The van der Waals surface area contributed by atoms with Gasteiger partial charge in [-0.2, -0.15) is 0 Å². The number of rotatable bonds is 5. The first-order valence-electron chi connectivity index (χ1n) is 11.2. The molecule has 3 aromatic carbocycles. The van der Waals surface area contributed by atoms with E-state index in [1.54, 1.807) is 49.4 Å². The lowest BCUT2D eigenvalue weighted by molar-refractivity contribution is 0.0317. The molecule has 4 rings (SSSR count). The van der Waals surface area contributed by atoms with E-state index in [4.69, 9.17) is 4.74 Å². The molecule has 0 saturated carbocycles. The smallest absolute Gasteiger partial charge is 0.166 e. The Kier molecular flexibility index (Phi) is 6.99. The van der Waals surface area contributed by atoms with Crippen molar-refractivity contribution in [3.05, 3.63) is 95.1 Å². The normalized spacial score (nSPS) is 18.7. The second-order valence-electron chi connectivity index (χ2n) is 8.33. The summed E-state index contributed by atoms with van der Waals surface area (Å²) < 4.78 is 64.3. The molecule has 0 spiro atoms. The summed E-state index contributed by atoms with van der Waals surface area (Å²) in [7, 11) is 0. The summed E-state index contributed by atoms with van der Waals surface area (Å²) >= 11 is 0. The van der Waals surface area contributed by atoms with Crippen molar-refractivity contribution in [2.24, 2.45) is 0 Å². The van der Waals surface area contributed by atoms with E-state index in [1.807, 2.05) is 19.1 Å². The Morgan fingerprint density at radius 3 is 1.94 bits per heavy atom. The molecule has 5 heteroatoms. The van der Waals surface area contributed by atoms with E-state index in [-0.39, 0.29) is 23.1 Å². The van der Waals surface area contributed by atoms with Crippen molar-refractivity contribution in [2.45, 2.75) is 45.1 Å². The topological polar surface area (TPSA) is 9.23 Å². The van der Waals surface area contributed by atoms with Gasteiger partial charge in [-0.25, -0.2) is 17.6 Å². The molecule has 0 radical (unpaired) electrons. The standard InChI is InChI=1S/C28H26F4O/c1-3-5-21-12-10-20(16-33-21)24-15-14-23(27(31)28(24)32)19-8-6-18(7-9-19)22-13-11-17(4-2)25(29)26(22)30/h3,5-9,11,13-15,20-21H,4,10,12,16H2,1-2H3. The highest BCUT2D eigenvalue weighted by molar-refractivity contribution is 5.71. The lowest BCUT2D eigenvalue weighted by atomic mass is 9.89. The number of ether oxygens (including phenoxy) is 1. The summed E-state index contributed by atoms with van der Waals surface area (Å²) in [6, 6.07) is 12.6. The van der Waals surface area contributed by atoms with E-state index < -0.39 is 23.3 Å². The molecule has 2 unspecified atom stereocenters. The maximum absolute atomic E-state index is 15.0. The van der Waals surface area contributed by atoms with Crippen LogP contribution in [0.5, 0.6) is 0 Å². The first kappa shape index (κ1) is 23.2. The Morgan fingerprint density at radius 2 is 1.39 bits per heavy atom. The first-order chi connectivity index (χ1) is 15.9. The minimum absolute atomic E-state index is 0.0217. The van der Waals surface area contributed by atoms with Crippen molar-refractivity contribution in [3.63, 3.8) is 0 Å². The quantitative estimate of drug-likeness (QED) is 0.281. The van der Waals surface area contributed by atoms with E-state index in [9.17, 15) is 17.6 Å². The van der Waals surface area contributed by atoms with E-state index in [2.05, 4.69) is 0 Å². The van der Waals surface area contributed by atoms with Gasteiger partial charge in [0.05, 0.1) is 12.7 Å². The van der Waals surface area contributed by atoms with Crippen LogP contribution in [0.15, 0.2) is 60.7 Å². The van der Waals surface area contributed by atoms with Crippen LogP contribution in [0.2, 0.25) is 0 Å². The van der Waals surface area contributed by atoms with Crippen molar-refractivity contribution in [1.29, 1.82) is 0 Å². The third kappa shape index (κ3) is 4.60. The van der Waals surface area contributed by atoms with Crippen molar-refractivity contribution in [3.8, 4) is 22.3 Å². The fourth-order valence-corrected chi connectivity index (χ4v) is 4.40. The summed E-state index contributed by atoms with van der Waals surface area (Å²) in [6.45, 7) is 4.03. The van der Waals surface area contributed by atoms with Crippen LogP contribution in [-0.4, -0.2) is 12.7 Å². The zero-order valence-corrected chi connectivity index (χ0v) is 18.7. The highest BCUT2D eigenvalue weighted by Gasteiger charge is 2.26. The molecular formula is C28H26F4O. The van der Waals surface area contributed by atoms with Crippen LogP contribution in [0, 0.1) is 23.3 Å². The lowest BCUT2D eigenvalue weighted by Crippen LogP contribution is -2.24. The van der Waals surface area contributed by atoms with E-state index in [1.165, 1.54) is 6.07 Å². The molecular weight excluding hydrogens is 428 g/mol. The maximum atomic E-state index is 15.0. The number of allylic oxidation sites excluding steroid dienone is 1. The van der Waals surface area contributed by atoms with Gasteiger partial charge in [-0.05, 0) is 48.4 Å². The molecule has 1 aliphatic rings. The molecule has 1 nitrogen and oxygen atoms in total. The van der Waals surface area contributed by atoms with Gasteiger partial charge in [0, 0.05) is 17.0 Å². The molecule has 3 aromatic rings. The summed E-state index contributed by atoms with van der Waals surface area (Å²) in [5, 5.41) is 0. The van der Waals surface area contributed by atoms with Crippen LogP contribution in [0.1, 0.15) is 43.7 Å². The summed E-state index contributed by atoms with van der Waals surface area (Å²) in [5.41, 5.74) is 1.81. The van der Waals surface area contributed by atoms with Gasteiger partial charge in [-0.3, -0.25) is 0 Å². The molecule has 172 valence electrons. The lowest BCUT2D eigenvalue weighted by Gasteiger charge is -2.28. The average Bonchev–Trinajstić information content (AvgIpc) is 2.84. The molecule has 33 heavy (non-hydrogen) atoms. The Labute approximate surface area is 191 Å². The van der Waals surface area contributed by atoms with Gasteiger partial charge in [0.2, 0.25) is 0 Å². The maximum Gasteiger partial charge on any atom is 0.166 e. The number of hydrogen-bond acceptors (Lipinski definition) is 1. The summed E-state index contributed by atoms with van der Waals surface area (Å²) in [5.74, 6) is -3.73. The van der Waals surface area contributed by atoms with Gasteiger partial charge in [0.15, 0.2) is 23.3 Å². The molecule has 0 amide bonds. The second-order valence-corrected chi connectivity index (χ2v) is 8.33. The zero-order valence-electron chi connectivity index (χ0n) is 18.7. The second kappa shape index (κ2) is 9.92. The van der Waals surface area contributed by atoms with Gasteiger partial charge in [-0.15, -0.1) is 0 Å². The number of halogens is 4. The Morgan fingerprint density at radius 1 is 0.788 bits per heavy atom. The van der Waals surface area contributed by atoms with Crippen LogP contribution in [-0.2, 0) is 11.2 Å². The molecule has 0 aromatic heterocycles. The average molecular weight is 455 g/mol. The van der Waals surface area contributed by atoms with E-state index in [0.29, 0.717) is 35.3 Å². The molecule has 1 aliphatic heterocycles. The molecule has 0 aliphatic carbocycles. The minimum atomic E-state index is -0.916. The van der Waals surface area contributed by atoms with E-state index in [0.717, 1.165) is 12.8 Å². The first-order valence-corrected chi connectivity index (χ1v) is 11.2. The van der Waals surface area contributed by atoms with Gasteiger partial charge >= 0.3 is 0 Å². The van der Waals surface area contributed by atoms with Gasteiger partial charge in [0.25, 0.3) is 0 Å². The summed E-state index contributed by atoms with van der Waals surface area (Å²) in [6.07, 6.45) is 5.79. The van der Waals surface area contributed by atoms with Crippen LogP contribution >= 0.6 is 0 Å². The molecule has 1 fully saturated rings. The number of aryl methyl sites for hydroxylation is 1. The third-order valence-corrected chi connectivity index (χ3v) is 6.32. The third-order valence-electron chi connectivity index (χ3n) is 6.32. The highest BCUT2D eigenvalue weighted by atomic mass is 19.2. The van der Waals surface area contributed by atoms with Crippen molar-refractivity contribution >= 4 is 0 Å². The predicted octanol–water partition coefficient (Wildman–Crippen LogP) is 7.98. The van der Waals surface area contributed by atoms with Crippen molar-refractivity contribution in [2.75, 3.05) is 6.61 Å². The molecule has 1 heterocycles. The zero-order chi connectivity index (χ0) is 23.5. The van der Waals surface area contributed by atoms with Crippen molar-refractivity contribution in [1.82, 2.24) is 0 Å². The monoisotopic (exact) mass is 454 g/mol. The fraction of sp³-hybridized carbons (Fsp3) is 0.286. The molecule has 1 saturated heterocycles. The Hall–Kier alpha value is -2.92. The molecule has 2 atom stereocenters. The van der Waals surface area contributed by atoms with Gasteiger partial charge < -0.3 is 4.74 Å². The van der Waals surface area contributed by atoms with Crippen LogP contribution in [0.25, 0.3) is 22.3 Å². The summed E-state index contributed by atoms with van der Waals surface area (Å²) in [4.78, 5) is 0. The SMILES string of the molecule is CC=CC1CCC(c2ccc(-c3ccc(-c4ccc(CC)c(F)c4F)cc3)c(F)c2F)CO1. The molecule has 0 bridgehead atoms. The number of benzene rings is 3. The Bertz CT molecular complexity index is 1160. The van der Waals surface area contributed by atoms with E-state index >= 15 is 0 Å². The van der Waals surface area contributed by atoms with Crippen LogP contribution < -0.4 is 0 Å². The van der Waals surface area contributed by atoms with Crippen LogP contribution in [0.4, 0.5) is 17.6 Å². The fourth-order valence-electron chi connectivity index (χ4n) is 4.40. The minimum Gasteiger partial charge on any atom is -0.374 e.